The van der Waals surface area contributed by atoms with E-state index in [1.807, 2.05) is 36.4 Å². The topological polar surface area (TPSA) is 113 Å². The Morgan fingerprint density at radius 1 is 0.914 bits per heavy atom. The quantitative estimate of drug-likeness (QED) is 0.328. The van der Waals surface area contributed by atoms with Gasteiger partial charge in [-0.3, -0.25) is 0 Å². The number of nitrogens with one attached hydrogen (secondary N) is 1. The van der Waals surface area contributed by atoms with E-state index >= 15 is 0 Å². The number of ether oxygens (including phenoxy) is 2. The number of rotatable bonds is 8. The van der Waals surface area contributed by atoms with Crippen LogP contribution in [0.3, 0.4) is 0 Å². The number of fused-ring (bicyclic) bond motifs is 1. The van der Waals surface area contributed by atoms with E-state index in [-0.39, 0.29) is 18.4 Å². The van der Waals surface area contributed by atoms with Gasteiger partial charge in [-0.25, -0.2) is 9.97 Å². The first-order valence-electron chi connectivity index (χ1n) is 10.7. The molecule has 0 aliphatic carbocycles. The van der Waals surface area contributed by atoms with E-state index in [4.69, 9.17) is 19.6 Å². The van der Waals surface area contributed by atoms with Crippen LogP contribution in [-0.2, 0) is 13.1 Å². The van der Waals surface area contributed by atoms with E-state index in [1.165, 1.54) is 4.52 Å². The molecule has 0 aliphatic heterocycles. The summed E-state index contributed by atoms with van der Waals surface area (Å²) in [5.41, 5.74) is 10.7. The Morgan fingerprint density at radius 3 is 2.29 bits per heavy atom. The molecule has 0 aliphatic rings. The standard InChI is InChI=1S/C25H24N6O3.ClH/c1-32-19-10-17(11-20(12-19)33-2)15-27-14-16-5-7-18(8-6-16)21-13-23-29-24(22-4-3-9-34-22)30-31(23)25(26)28-21;/h3-13,27H,14-15H2,1-2H3,(H2,26,28);1H. The van der Waals surface area contributed by atoms with Gasteiger partial charge in [0, 0.05) is 30.8 Å². The highest BCUT2D eigenvalue weighted by Gasteiger charge is 2.13. The smallest absolute Gasteiger partial charge is 0.223 e. The number of nitrogen functional groups attached to an aromatic ring is 1. The Kier molecular flexibility index (Phi) is 7.19. The van der Waals surface area contributed by atoms with Gasteiger partial charge in [-0.1, -0.05) is 24.3 Å². The summed E-state index contributed by atoms with van der Waals surface area (Å²) in [5.74, 6) is 2.85. The summed E-state index contributed by atoms with van der Waals surface area (Å²) in [5, 5.41) is 7.84. The maximum Gasteiger partial charge on any atom is 0.223 e. The summed E-state index contributed by atoms with van der Waals surface area (Å²) < 4.78 is 17.6. The van der Waals surface area contributed by atoms with Crippen molar-refractivity contribution in [3.63, 3.8) is 0 Å². The van der Waals surface area contributed by atoms with Gasteiger partial charge in [0.15, 0.2) is 11.4 Å². The largest absolute Gasteiger partial charge is 0.497 e. The molecule has 9 nitrogen and oxygen atoms in total. The van der Waals surface area contributed by atoms with E-state index in [0.29, 0.717) is 30.3 Å². The average Bonchev–Trinajstić information content (AvgIpc) is 3.54. The first kappa shape index (κ1) is 24.1. The van der Waals surface area contributed by atoms with Gasteiger partial charge in [-0.2, -0.15) is 4.52 Å². The maximum absolute atomic E-state index is 6.14. The monoisotopic (exact) mass is 492 g/mol. The van der Waals surface area contributed by atoms with Gasteiger partial charge < -0.3 is 24.9 Å². The van der Waals surface area contributed by atoms with Gasteiger partial charge >= 0.3 is 0 Å². The summed E-state index contributed by atoms with van der Waals surface area (Å²) >= 11 is 0. The third-order valence-corrected chi connectivity index (χ3v) is 5.41. The molecule has 5 aromatic rings. The van der Waals surface area contributed by atoms with Crippen molar-refractivity contribution < 1.29 is 13.9 Å². The minimum absolute atomic E-state index is 0. The zero-order chi connectivity index (χ0) is 23.5. The van der Waals surface area contributed by atoms with Crippen molar-refractivity contribution in [2.24, 2.45) is 0 Å². The fourth-order valence-corrected chi connectivity index (χ4v) is 3.68. The fraction of sp³-hybridized carbons (Fsp3) is 0.160. The predicted octanol–water partition coefficient (Wildman–Crippen LogP) is 4.36. The molecule has 3 heterocycles. The Morgan fingerprint density at radius 2 is 1.63 bits per heavy atom. The van der Waals surface area contributed by atoms with Crippen LogP contribution in [0.5, 0.6) is 11.5 Å². The lowest BCUT2D eigenvalue weighted by Gasteiger charge is -2.10. The van der Waals surface area contributed by atoms with E-state index in [9.17, 15) is 0 Å². The van der Waals surface area contributed by atoms with Gasteiger partial charge in [0.05, 0.1) is 26.2 Å². The molecule has 0 amide bonds. The minimum Gasteiger partial charge on any atom is -0.497 e. The molecule has 0 bridgehead atoms. The molecule has 3 N–H and O–H groups in total. The predicted molar refractivity (Wildman–Crippen MR) is 136 cm³/mol. The number of halogens is 1. The number of benzene rings is 2. The molecule has 180 valence electrons. The molecule has 2 aromatic carbocycles. The first-order valence-corrected chi connectivity index (χ1v) is 10.7. The second-order valence-corrected chi connectivity index (χ2v) is 7.70. The maximum atomic E-state index is 6.14. The van der Waals surface area contributed by atoms with Crippen LogP contribution < -0.4 is 20.5 Å². The normalized spacial score (nSPS) is 10.8. The van der Waals surface area contributed by atoms with Crippen LogP contribution in [-0.4, -0.2) is 33.8 Å². The van der Waals surface area contributed by atoms with E-state index in [1.54, 1.807) is 32.6 Å². The van der Waals surface area contributed by atoms with Gasteiger partial charge in [-0.15, -0.1) is 17.5 Å². The van der Waals surface area contributed by atoms with Crippen LogP contribution in [0.2, 0.25) is 0 Å². The molecule has 5 rings (SSSR count). The molecule has 0 fully saturated rings. The Balaban J connectivity index is 0.00000289. The minimum atomic E-state index is 0. The summed E-state index contributed by atoms with van der Waals surface area (Å²) in [6.45, 7) is 1.40. The van der Waals surface area contributed by atoms with Crippen molar-refractivity contribution in [1.29, 1.82) is 0 Å². The molecular formula is C25H25ClN6O3. The molecule has 0 unspecified atom stereocenters. The fourth-order valence-electron chi connectivity index (χ4n) is 3.68. The highest BCUT2D eigenvalue weighted by molar-refractivity contribution is 5.85. The van der Waals surface area contributed by atoms with E-state index in [0.717, 1.165) is 33.9 Å². The number of furan rings is 1. The summed E-state index contributed by atoms with van der Waals surface area (Å²) in [7, 11) is 3.30. The Bertz CT molecular complexity index is 1400. The van der Waals surface area contributed by atoms with Crippen LogP contribution in [0.15, 0.2) is 71.3 Å². The van der Waals surface area contributed by atoms with Gasteiger partial charge in [-0.05, 0) is 35.4 Å². The van der Waals surface area contributed by atoms with Gasteiger partial charge in [0.1, 0.15) is 11.5 Å². The number of nitrogens with zero attached hydrogens (tertiary/aromatic N) is 4. The van der Waals surface area contributed by atoms with Crippen LogP contribution in [0, 0.1) is 0 Å². The lowest BCUT2D eigenvalue weighted by Crippen LogP contribution is -2.12. The lowest BCUT2D eigenvalue weighted by atomic mass is 10.1. The number of anilines is 1. The van der Waals surface area contributed by atoms with Crippen molar-refractivity contribution in [2.45, 2.75) is 13.1 Å². The molecule has 10 heteroatoms. The zero-order valence-corrected chi connectivity index (χ0v) is 20.1. The number of hydrogen-bond donors (Lipinski definition) is 2. The third-order valence-electron chi connectivity index (χ3n) is 5.41. The van der Waals surface area contributed by atoms with Gasteiger partial charge in [0.25, 0.3) is 0 Å². The second-order valence-electron chi connectivity index (χ2n) is 7.70. The van der Waals surface area contributed by atoms with Crippen molar-refractivity contribution >= 4 is 24.0 Å². The zero-order valence-electron chi connectivity index (χ0n) is 19.3. The van der Waals surface area contributed by atoms with Crippen LogP contribution >= 0.6 is 12.4 Å². The number of methoxy groups -OCH3 is 2. The van der Waals surface area contributed by atoms with Gasteiger partial charge in [0.2, 0.25) is 11.8 Å². The van der Waals surface area contributed by atoms with E-state index in [2.05, 4.69) is 32.5 Å². The molecule has 0 saturated carbocycles. The summed E-state index contributed by atoms with van der Waals surface area (Å²) in [6.07, 6.45) is 1.58. The SMILES string of the molecule is COc1cc(CNCc2ccc(-c3cc4nc(-c5ccco5)nn4c(N)n3)cc2)cc(OC)c1.Cl. The third kappa shape index (κ3) is 5.21. The molecule has 0 spiro atoms. The lowest BCUT2D eigenvalue weighted by molar-refractivity contribution is 0.393. The molecule has 0 atom stereocenters. The second kappa shape index (κ2) is 10.5. The molecule has 0 radical (unpaired) electrons. The Hall–Kier alpha value is -4.08. The summed E-state index contributed by atoms with van der Waals surface area (Å²) in [6, 6.07) is 19.5. The van der Waals surface area contributed by atoms with Crippen LogP contribution in [0.1, 0.15) is 11.1 Å². The van der Waals surface area contributed by atoms with Crippen LogP contribution in [0.4, 0.5) is 5.95 Å². The number of hydrogen-bond acceptors (Lipinski definition) is 8. The number of aromatic nitrogens is 4. The van der Waals surface area contributed by atoms with Crippen molar-refractivity contribution in [3.05, 3.63) is 78.1 Å². The molecule has 3 aromatic heterocycles. The molecule has 35 heavy (non-hydrogen) atoms. The van der Waals surface area contributed by atoms with Crippen molar-refractivity contribution in [2.75, 3.05) is 20.0 Å². The molecule has 0 saturated heterocycles. The highest BCUT2D eigenvalue weighted by atomic mass is 35.5. The number of nitrogens with two attached hydrogens (primary N) is 1. The highest BCUT2D eigenvalue weighted by Crippen LogP contribution is 2.24. The van der Waals surface area contributed by atoms with Crippen molar-refractivity contribution in [3.8, 4) is 34.3 Å². The Labute approximate surface area is 208 Å². The van der Waals surface area contributed by atoms with Crippen molar-refractivity contribution in [1.82, 2.24) is 24.9 Å². The average molecular weight is 493 g/mol. The summed E-state index contributed by atoms with van der Waals surface area (Å²) in [4.78, 5) is 9.02. The van der Waals surface area contributed by atoms with Crippen LogP contribution in [0.25, 0.3) is 28.5 Å². The molecular weight excluding hydrogens is 468 g/mol. The first-order chi connectivity index (χ1) is 16.6. The van der Waals surface area contributed by atoms with E-state index < -0.39 is 0 Å².